The molecule has 0 amide bonds. The first-order valence-corrected chi connectivity index (χ1v) is 7.64. The second-order valence-corrected chi connectivity index (χ2v) is 5.28. The van der Waals surface area contributed by atoms with Crippen LogP contribution in [0.3, 0.4) is 0 Å². The van der Waals surface area contributed by atoms with E-state index in [4.69, 9.17) is 13.9 Å². The summed E-state index contributed by atoms with van der Waals surface area (Å²) in [5, 5.41) is 10.8. The van der Waals surface area contributed by atoms with E-state index in [-0.39, 0.29) is 25.6 Å². The summed E-state index contributed by atoms with van der Waals surface area (Å²) in [6.45, 7) is -0.453. The molecule has 142 valence electrons. The van der Waals surface area contributed by atoms with Crippen LogP contribution in [0.2, 0.25) is 0 Å². The van der Waals surface area contributed by atoms with Crippen LogP contribution in [-0.4, -0.2) is 32.8 Å². The van der Waals surface area contributed by atoms with Gasteiger partial charge in [0, 0.05) is 0 Å². The number of hydrogen-bond donors (Lipinski definition) is 0. The lowest BCUT2D eigenvalue weighted by Crippen LogP contribution is -2.14. The molecule has 0 aliphatic rings. The molecule has 0 radical (unpaired) electrons. The van der Waals surface area contributed by atoms with E-state index in [1.807, 2.05) is 0 Å². The highest BCUT2D eigenvalue weighted by molar-refractivity contribution is 5.70. The lowest BCUT2D eigenvalue weighted by molar-refractivity contribution is -0.151. The molecule has 0 N–H and O–H groups in total. The van der Waals surface area contributed by atoms with Gasteiger partial charge in [-0.15, -0.1) is 5.10 Å². The standard InChI is InChI=1S/C16H13F3N4O4/c17-16(18,19)11-3-5-12(6-4-11)23-14(20-21-22-23)9-27-15(24)10-25-8-13-2-1-7-26-13/h1-7H,8-10H2. The summed E-state index contributed by atoms with van der Waals surface area (Å²) in [4.78, 5) is 11.7. The van der Waals surface area contributed by atoms with Crippen LogP contribution in [0.15, 0.2) is 47.1 Å². The van der Waals surface area contributed by atoms with Crippen LogP contribution in [0.25, 0.3) is 5.69 Å². The molecule has 0 spiro atoms. The lowest BCUT2D eigenvalue weighted by Gasteiger charge is -2.09. The van der Waals surface area contributed by atoms with Crippen molar-refractivity contribution in [3.05, 3.63) is 59.8 Å². The first-order chi connectivity index (χ1) is 12.9. The molecule has 1 aromatic carbocycles. The number of carbonyl (C=O) groups excluding carboxylic acids is 1. The third-order valence-corrected chi connectivity index (χ3v) is 3.38. The first-order valence-electron chi connectivity index (χ1n) is 7.64. The van der Waals surface area contributed by atoms with Crippen molar-refractivity contribution in [1.29, 1.82) is 0 Å². The molecule has 0 saturated carbocycles. The van der Waals surface area contributed by atoms with Crippen molar-refractivity contribution >= 4 is 5.97 Å². The van der Waals surface area contributed by atoms with Crippen LogP contribution in [0.1, 0.15) is 17.1 Å². The van der Waals surface area contributed by atoms with E-state index in [1.54, 1.807) is 12.1 Å². The number of rotatable bonds is 7. The molecule has 2 heterocycles. The molecule has 0 saturated heterocycles. The smallest absolute Gasteiger partial charge is 0.416 e. The fourth-order valence-electron chi connectivity index (χ4n) is 2.10. The van der Waals surface area contributed by atoms with Crippen LogP contribution in [0.5, 0.6) is 0 Å². The van der Waals surface area contributed by atoms with Crippen molar-refractivity contribution in [2.24, 2.45) is 0 Å². The van der Waals surface area contributed by atoms with Gasteiger partial charge in [-0.05, 0) is 46.8 Å². The Hall–Kier alpha value is -3.21. The SMILES string of the molecule is O=C(COCc1ccco1)OCc1nnnn1-c1ccc(C(F)(F)F)cc1. The number of hydrogen-bond acceptors (Lipinski definition) is 7. The van der Waals surface area contributed by atoms with Crippen LogP contribution >= 0.6 is 0 Å². The fourth-order valence-corrected chi connectivity index (χ4v) is 2.10. The minimum atomic E-state index is -4.44. The molecule has 27 heavy (non-hydrogen) atoms. The summed E-state index contributed by atoms with van der Waals surface area (Å²) in [6, 6.07) is 7.65. The molecule has 0 aliphatic heterocycles. The third-order valence-electron chi connectivity index (χ3n) is 3.38. The monoisotopic (exact) mass is 382 g/mol. The van der Waals surface area contributed by atoms with Gasteiger partial charge in [0.25, 0.3) is 0 Å². The number of halogens is 3. The second-order valence-electron chi connectivity index (χ2n) is 5.28. The number of esters is 1. The average Bonchev–Trinajstić information content (AvgIpc) is 3.31. The minimum absolute atomic E-state index is 0.116. The largest absolute Gasteiger partial charge is 0.467 e. The van der Waals surface area contributed by atoms with Crippen molar-refractivity contribution in [2.45, 2.75) is 19.4 Å². The predicted octanol–water partition coefficient (Wildman–Crippen LogP) is 2.53. The number of tetrazole rings is 1. The van der Waals surface area contributed by atoms with Crippen molar-refractivity contribution in [3.63, 3.8) is 0 Å². The topological polar surface area (TPSA) is 92.3 Å². The number of benzene rings is 1. The zero-order valence-corrected chi connectivity index (χ0v) is 13.7. The van der Waals surface area contributed by atoms with Gasteiger partial charge >= 0.3 is 12.1 Å². The Morgan fingerprint density at radius 2 is 1.93 bits per heavy atom. The fraction of sp³-hybridized carbons (Fsp3) is 0.250. The number of aromatic nitrogens is 4. The van der Waals surface area contributed by atoms with Gasteiger partial charge in [-0.1, -0.05) is 0 Å². The van der Waals surface area contributed by atoms with E-state index < -0.39 is 17.7 Å². The molecule has 8 nitrogen and oxygen atoms in total. The zero-order chi connectivity index (χ0) is 19.3. The van der Waals surface area contributed by atoms with Gasteiger partial charge in [-0.25, -0.2) is 4.79 Å². The third kappa shape index (κ3) is 4.91. The highest BCUT2D eigenvalue weighted by atomic mass is 19.4. The van der Waals surface area contributed by atoms with Crippen LogP contribution < -0.4 is 0 Å². The van der Waals surface area contributed by atoms with Gasteiger partial charge in [-0.2, -0.15) is 17.9 Å². The summed E-state index contributed by atoms with van der Waals surface area (Å²) < 4.78 is 54.2. The van der Waals surface area contributed by atoms with Crippen molar-refractivity contribution in [2.75, 3.05) is 6.61 Å². The van der Waals surface area contributed by atoms with Gasteiger partial charge < -0.3 is 13.9 Å². The average molecular weight is 382 g/mol. The summed E-state index contributed by atoms with van der Waals surface area (Å²) in [5.74, 6) is 0.0618. The molecule has 2 aromatic heterocycles. The minimum Gasteiger partial charge on any atom is -0.467 e. The van der Waals surface area contributed by atoms with Crippen LogP contribution in [-0.2, 0) is 33.7 Å². The number of furan rings is 1. The molecule has 0 atom stereocenters. The van der Waals surface area contributed by atoms with Crippen molar-refractivity contribution in [1.82, 2.24) is 20.2 Å². The number of ether oxygens (including phenoxy) is 2. The van der Waals surface area contributed by atoms with Gasteiger partial charge in [0.2, 0.25) is 0 Å². The summed E-state index contributed by atoms with van der Waals surface area (Å²) >= 11 is 0. The molecule has 3 aromatic rings. The summed E-state index contributed by atoms with van der Waals surface area (Å²) in [6.07, 6.45) is -2.95. The number of alkyl halides is 3. The van der Waals surface area contributed by atoms with Gasteiger partial charge in [0.05, 0.1) is 17.5 Å². The normalized spacial score (nSPS) is 11.5. The Morgan fingerprint density at radius 1 is 1.15 bits per heavy atom. The molecule has 3 rings (SSSR count). The Bertz CT molecular complexity index is 876. The Balaban J connectivity index is 1.54. The molecule has 0 unspecified atom stereocenters. The van der Waals surface area contributed by atoms with Crippen molar-refractivity contribution in [3.8, 4) is 5.69 Å². The number of carbonyl (C=O) groups is 1. The Labute approximate surface area is 150 Å². The lowest BCUT2D eigenvalue weighted by atomic mass is 10.2. The number of nitrogens with zero attached hydrogens (tertiary/aromatic N) is 4. The highest BCUT2D eigenvalue weighted by Gasteiger charge is 2.30. The maximum Gasteiger partial charge on any atom is 0.416 e. The van der Waals surface area contributed by atoms with Crippen LogP contribution in [0.4, 0.5) is 13.2 Å². The summed E-state index contributed by atoms with van der Waals surface area (Å²) in [7, 11) is 0. The second kappa shape index (κ2) is 7.99. The van der Waals surface area contributed by atoms with E-state index >= 15 is 0 Å². The summed E-state index contributed by atoms with van der Waals surface area (Å²) in [5.41, 5.74) is -0.492. The molecule has 11 heteroatoms. The first kappa shape index (κ1) is 18.6. The van der Waals surface area contributed by atoms with E-state index in [1.165, 1.54) is 23.1 Å². The quantitative estimate of drug-likeness (QED) is 0.580. The van der Waals surface area contributed by atoms with Gasteiger partial charge in [0.1, 0.15) is 19.0 Å². The molecule has 0 bridgehead atoms. The van der Waals surface area contributed by atoms with E-state index in [9.17, 15) is 18.0 Å². The predicted molar refractivity (Wildman–Crippen MR) is 82.3 cm³/mol. The molecule has 0 fully saturated rings. The molecule has 0 aliphatic carbocycles. The maximum absolute atomic E-state index is 12.6. The van der Waals surface area contributed by atoms with E-state index in [0.29, 0.717) is 11.4 Å². The van der Waals surface area contributed by atoms with Crippen LogP contribution in [0, 0.1) is 0 Å². The molecular weight excluding hydrogens is 369 g/mol. The van der Waals surface area contributed by atoms with Crippen molar-refractivity contribution < 1.29 is 31.9 Å². The van der Waals surface area contributed by atoms with Gasteiger partial charge in [-0.3, -0.25) is 0 Å². The Morgan fingerprint density at radius 3 is 2.59 bits per heavy atom. The maximum atomic E-state index is 12.6. The molecular formula is C16H13F3N4O4. The highest BCUT2D eigenvalue weighted by Crippen LogP contribution is 2.29. The van der Waals surface area contributed by atoms with E-state index in [0.717, 1.165) is 12.1 Å². The van der Waals surface area contributed by atoms with Gasteiger partial charge in [0.15, 0.2) is 12.4 Å². The Kier molecular flexibility index (Phi) is 5.50. The van der Waals surface area contributed by atoms with E-state index in [2.05, 4.69) is 15.5 Å². The zero-order valence-electron chi connectivity index (χ0n) is 13.7.